The van der Waals surface area contributed by atoms with Crippen LogP contribution in [-0.2, 0) is 28.2 Å². The van der Waals surface area contributed by atoms with Crippen LogP contribution in [0.1, 0.15) is 48.0 Å². The molecule has 0 spiro atoms. The van der Waals surface area contributed by atoms with E-state index in [4.69, 9.17) is 0 Å². The van der Waals surface area contributed by atoms with Gasteiger partial charge in [0.2, 0.25) is 0 Å². The van der Waals surface area contributed by atoms with Gasteiger partial charge in [-0.2, -0.15) is 13.2 Å². The van der Waals surface area contributed by atoms with Gasteiger partial charge in [-0.1, -0.05) is 39.0 Å². The van der Waals surface area contributed by atoms with E-state index in [1.807, 2.05) is 20.8 Å². The zero-order valence-electron chi connectivity index (χ0n) is 21.5. The summed E-state index contributed by atoms with van der Waals surface area (Å²) >= 11 is 0. The van der Waals surface area contributed by atoms with Gasteiger partial charge in [-0.15, -0.1) is 0 Å². The van der Waals surface area contributed by atoms with Crippen molar-refractivity contribution in [2.75, 3.05) is 22.7 Å². The number of alkyl halides is 3. The summed E-state index contributed by atoms with van der Waals surface area (Å²) in [5, 5.41) is 12.4. The number of halogens is 3. The number of nitrogens with one attached hydrogen (secondary N) is 1. The second kappa shape index (κ2) is 9.23. The van der Waals surface area contributed by atoms with E-state index >= 15 is 0 Å². The quantitative estimate of drug-likeness (QED) is 0.483. The summed E-state index contributed by atoms with van der Waals surface area (Å²) in [6.07, 6.45) is -5.31. The van der Waals surface area contributed by atoms with Crippen LogP contribution in [0.4, 0.5) is 30.4 Å². The fourth-order valence-electron chi connectivity index (χ4n) is 4.50. The monoisotopic (exact) mass is 560 g/mol. The Labute approximate surface area is 224 Å². The van der Waals surface area contributed by atoms with Gasteiger partial charge in [-0.3, -0.25) is 9.10 Å². The lowest BCUT2D eigenvalue weighted by molar-refractivity contribution is -0.141. The maximum absolute atomic E-state index is 14.0. The van der Waals surface area contributed by atoms with Gasteiger partial charge in [-0.25, -0.2) is 13.4 Å². The number of hydrogen-bond acceptors (Lipinski definition) is 6. The number of pyridine rings is 1. The van der Waals surface area contributed by atoms with Gasteiger partial charge in [0.15, 0.2) is 0 Å². The number of rotatable bonds is 3. The molecule has 1 amide bonds. The Balaban J connectivity index is 1.62. The van der Waals surface area contributed by atoms with Gasteiger partial charge in [0.1, 0.15) is 11.5 Å². The molecular formula is C27H27F3N4O4S. The zero-order valence-corrected chi connectivity index (χ0v) is 22.3. The number of aliphatic hydroxyl groups is 1. The van der Waals surface area contributed by atoms with E-state index in [0.717, 1.165) is 15.9 Å². The van der Waals surface area contributed by atoms with E-state index in [2.05, 4.69) is 10.3 Å². The first-order valence-electron chi connectivity index (χ1n) is 12.2. The highest BCUT2D eigenvalue weighted by Crippen LogP contribution is 2.40. The Kier molecular flexibility index (Phi) is 6.38. The van der Waals surface area contributed by atoms with Crippen molar-refractivity contribution < 1.29 is 31.5 Å². The van der Waals surface area contributed by atoms with E-state index in [1.165, 1.54) is 41.3 Å². The summed E-state index contributed by atoms with van der Waals surface area (Å²) in [4.78, 5) is 18.1. The number of amides is 1. The summed E-state index contributed by atoms with van der Waals surface area (Å²) in [5.41, 5.74) is 0.283. The summed E-state index contributed by atoms with van der Waals surface area (Å²) in [7, 11) is -4.23. The smallest absolute Gasteiger partial charge is 0.389 e. The SMILES string of the molecule is CC(C)(C)c1ccc(S(=O)(=O)N2Cc3ccc(C(F)(F)F)nc3Nc3ccc(C(=O)N4CC(O)C4)cc32)cc1. The number of anilines is 3. The summed E-state index contributed by atoms with van der Waals surface area (Å²) in [6.45, 7) is 6.01. The second-order valence-corrected chi connectivity index (χ2v) is 12.6. The van der Waals surface area contributed by atoms with Crippen molar-refractivity contribution in [1.82, 2.24) is 9.88 Å². The maximum Gasteiger partial charge on any atom is 0.433 e. The number of sulfonamides is 1. The molecule has 0 unspecified atom stereocenters. The van der Waals surface area contributed by atoms with E-state index in [-0.39, 0.29) is 58.3 Å². The molecule has 0 atom stereocenters. The molecule has 1 aromatic heterocycles. The number of carbonyl (C=O) groups is 1. The average Bonchev–Trinajstić information content (AvgIpc) is 3.01. The van der Waals surface area contributed by atoms with Crippen molar-refractivity contribution in [3.05, 3.63) is 77.0 Å². The topological polar surface area (TPSA) is 103 Å². The lowest BCUT2D eigenvalue weighted by Crippen LogP contribution is -2.53. The van der Waals surface area contributed by atoms with E-state index in [1.54, 1.807) is 12.1 Å². The first-order valence-corrected chi connectivity index (χ1v) is 13.7. The molecule has 0 saturated carbocycles. The van der Waals surface area contributed by atoms with Gasteiger partial charge in [0, 0.05) is 24.2 Å². The number of aliphatic hydroxyl groups excluding tert-OH is 1. The predicted octanol–water partition coefficient (Wildman–Crippen LogP) is 4.67. The Morgan fingerprint density at radius 3 is 2.28 bits per heavy atom. The van der Waals surface area contributed by atoms with Gasteiger partial charge in [-0.05, 0) is 47.4 Å². The summed E-state index contributed by atoms with van der Waals surface area (Å²) < 4.78 is 69.2. The number of likely N-dealkylation sites (tertiary alicyclic amines) is 1. The van der Waals surface area contributed by atoms with Crippen LogP contribution in [0.2, 0.25) is 0 Å². The molecule has 2 aromatic carbocycles. The third kappa shape index (κ3) is 5.06. The first kappa shape index (κ1) is 26.9. The number of aromatic nitrogens is 1. The highest BCUT2D eigenvalue weighted by molar-refractivity contribution is 7.92. The molecule has 39 heavy (non-hydrogen) atoms. The molecule has 0 radical (unpaired) electrons. The van der Waals surface area contributed by atoms with Crippen LogP contribution in [0, 0.1) is 0 Å². The van der Waals surface area contributed by atoms with Gasteiger partial charge < -0.3 is 15.3 Å². The van der Waals surface area contributed by atoms with Crippen molar-refractivity contribution in [1.29, 1.82) is 0 Å². The molecule has 1 saturated heterocycles. The van der Waals surface area contributed by atoms with Crippen LogP contribution >= 0.6 is 0 Å². The third-order valence-electron chi connectivity index (χ3n) is 6.81. The summed E-state index contributed by atoms with van der Waals surface area (Å²) in [6, 6.07) is 12.8. The molecule has 5 rings (SSSR count). The van der Waals surface area contributed by atoms with Crippen LogP contribution in [0.25, 0.3) is 0 Å². The highest BCUT2D eigenvalue weighted by atomic mass is 32.2. The van der Waals surface area contributed by atoms with Crippen molar-refractivity contribution >= 4 is 33.1 Å². The number of benzene rings is 2. The zero-order chi connectivity index (χ0) is 28.3. The second-order valence-electron chi connectivity index (χ2n) is 10.7. The third-order valence-corrected chi connectivity index (χ3v) is 8.58. The molecule has 0 bridgehead atoms. The predicted molar refractivity (Wildman–Crippen MR) is 139 cm³/mol. The number of hydrogen-bond donors (Lipinski definition) is 2. The Hall–Kier alpha value is -3.64. The fraction of sp³-hybridized carbons (Fsp3) is 0.333. The molecule has 0 aliphatic carbocycles. The Morgan fingerprint density at radius 1 is 1.03 bits per heavy atom. The number of β-amino-alcohol motifs (C(OH)–C–C–N with tert-alkyl or cyclic N) is 1. The highest BCUT2D eigenvalue weighted by Gasteiger charge is 2.36. The van der Waals surface area contributed by atoms with Crippen LogP contribution < -0.4 is 9.62 Å². The minimum Gasteiger partial charge on any atom is -0.389 e. The number of nitrogens with zero attached hydrogens (tertiary/aromatic N) is 3. The first-order chi connectivity index (χ1) is 18.1. The lowest BCUT2D eigenvalue weighted by atomic mass is 9.87. The molecule has 1 fully saturated rings. The fourth-order valence-corrected chi connectivity index (χ4v) is 5.95. The Bertz CT molecular complexity index is 1540. The number of carbonyl (C=O) groups excluding carboxylic acids is 1. The van der Waals surface area contributed by atoms with E-state index < -0.39 is 33.9 Å². The molecule has 2 aliphatic rings. The standard InChI is InChI=1S/C27H27F3N4O4S/c1-26(2,3)18-6-8-20(9-7-18)39(37,38)34-13-17-5-11-23(27(28,29)30)32-24(17)31-21-10-4-16(12-22(21)34)25(36)33-14-19(35)15-33/h4-12,19,35H,13-15H2,1-3H3,(H,31,32). The minimum atomic E-state index is -4.69. The molecule has 8 nitrogen and oxygen atoms in total. The van der Waals surface area contributed by atoms with Crippen LogP contribution in [0.5, 0.6) is 0 Å². The largest absolute Gasteiger partial charge is 0.433 e. The Morgan fingerprint density at radius 2 is 1.69 bits per heavy atom. The average molecular weight is 561 g/mol. The molecule has 2 N–H and O–H groups in total. The molecule has 3 aromatic rings. The normalized spacial score (nSPS) is 16.1. The maximum atomic E-state index is 14.0. The molecular weight excluding hydrogens is 533 g/mol. The minimum absolute atomic E-state index is 0.00707. The van der Waals surface area contributed by atoms with Crippen LogP contribution in [0.3, 0.4) is 0 Å². The molecule has 12 heteroatoms. The molecule has 206 valence electrons. The van der Waals surface area contributed by atoms with Crippen LogP contribution in [0.15, 0.2) is 59.5 Å². The van der Waals surface area contributed by atoms with Crippen molar-refractivity contribution in [2.45, 2.75) is 49.9 Å². The van der Waals surface area contributed by atoms with Crippen molar-refractivity contribution in [2.24, 2.45) is 0 Å². The van der Waals surface area contributed by atoms with Crippen LogP contribution in [-0.4, -0.2) is 48.5 Å². The summed E-state index contributed by atoms with van der Waals surface area (Å²) in [5.74, 6) is -0.522. The van der Waals surface area contributed by atoms with Gasteiger partial charge in [0.05, 0.1) is 28.9 Å². The molecule has 2 aliphatic heterocycles. The van der Waals surface area contributed by atoms with Gasteiger partial charge in [0.25, 0.3) is 15.9 Å². The lowest BCUT2D eigenvalue weighted by Gasteiger charge is -2.36. The van der Waals surface area contributed by atoms with Gasteiger partial charge >= 0.3 is 6.18 Å². The van der Waals surface area contributed by atoms with E-state index in [0.29, 0.717) is 0 Å². The van der Waals surface area contributed by atoms with Crippen molar-refractivity contribution in [3.63, 3.8) is 0 Å². The molecule has 3 heterocycles. The number of fused-ring (bicyclic) bond motifs is 2. The van der Waals surface area contributed by atoms with E-state index in [9.17, 15) is 31.5 Å². The van der Waals surface area contributed by atoms with Crippen molar-refractivity contribution in [3.8, 4) is 0 Å².